The van der Waals surface area contributed by atoms with E-state index >= 15 is 0 Å². The summed E-state index contributed by atoms with van der Waals surface area (Å²) in [6.45, 7) is 2.09. The van der Waals surface area contributed by atoms with Gasteiger partial charge in [-0.2, -0.15) is 0 Å². The van der Waals surface area contributed by atoms with E-state index in [0.717, 1.165) is 6.42 Å². The number of ketones is 1. The van der Waals surface area contributed by atoms with Crippen molar-refractivity contribution >= 4 is 5.78 Å². The van der Waals surface area contributed by atoms with Crippen LogP contribution in [0, 0.1) is 0 Å². The molecule has 0 aromatic rings. The van der Waals surface area contributed by atoms with Crippen molar-refractivity contribution in [1.82, 2.24) is 0 Å². The van der Waals surface area contributed by atoms with Gasteiger partial charge < -0.3 is 5.73 Å². The van der Waals surface area contributed by atoms with Gasteiger partial charge in [0.05, 0.1) is 6.54 Å². The fraction of sp³-hybridized carbons (Fsp3) is 0.500. The Hall–Kier alpha value is -0.630. The highest BCUT2D eigenvalue weighted by Gasteiger charge is 1.85. The zero-order valence-corrected chi connectivity index (χ0v) is 5.05. The van der Waals surface area contributed by atoms with Crippen LogP contribution in [-0.2, 0) is 4.79 Å². The van der Waals surface area contributed by atoms with Gasteiger partial charge in [0, 0.05) is 0 Å². The third kappa shape index (κ3) is 3.56. The van der Waals surface area contributed by atoms with E-state index in [2.05, 4.69) is 0 Å². The van der Waals surface area contributed by atoms with Crippen LogP contribution in [0.3, 0.4) is 0 Å². The van der Waals surface area contributed by atoms with Gasteiger partial charge >= 0.3 is 0 Å². The van der Waals surface area contributed by atoms with Crippen LogP contribution in [0.1, 0.15) is 13.3 Å². The Morgan fingerprint density at radius 1 is 1.75 bits per heavy atom. The van der Waals surface area contributed by atoms with Crippen LogP contribution >= 0.6 is 0 Å². The van der Waals surface area contributed by atoms with E-state index in [9.17, 15) is 4.79 Å². The normalized spacial score (nSPS) is 10.2. The largest absolute Gasteiger partial charge is 0.324 e. The second-order valence-corrected chi connectivity index (χ2v) is 1.48. The molecule has 0 aliphatic rings. The minimum atomic E-state index is -0.00755. The standard InChI is InChI=1S/C6H11NO/c1-2-3-4-6(8)5-7/h3-4H,2,5,7H2,1H3/b4-3+. The van der Waals surface area contributed by atoms with Crippen LogP contribution in [-0.4, -0.2) is 12.3 Å². The van der Waals surface area contributed by atoms with Crippen molar-refractivity contribution in [1.29, 1.82) is 0 Å². The summed E-state index contributed by atoms with van der Waals surface area (Å²) in [5.41, 5.74) is 5.01. The lowest BCUT2D eigenvalue weighted by Crippen LogP contribution is -2.09. The molecule has 0 saturated carbocycles. The molecule has 0 aliphatic carbocycles. The van der Waals surface area contributed by atoms with E-state index in [0.29, 0.717) is 0 Å². The minimum Gasteiger partial charge on any atom is -0.324 e. The SMILES string of the molecule is CC/C=C/C(=O)CN. The van der Waals surface area contributed by atoms with Gasteiger partial charge in [0.25, 0.3) is 0 Å². The molecule has 0 amide bonds. The molecule has 0 radical (unpaired) electrons. The topological polar surface area (TPSA) is 43.1 Å². The molecular formula is C6H11NO. The minimum absolute atomic E-state index is 0.00755. The molecule has 0 unspecified atom stereocenters. The summed E-state index contributed by atoms with van der Waals surface area (Å²) in [4.78, 5) is 10.4. The molecule has 0 rings (SSSR count). The smallest absolute Gasteiger partial charge is 0.168 e. The quantitative estimate of drug-likeness (QED) is 0.541. The van der Waals surface area contributed by atoms with Gasteiger partial charge in [-0.1, -0.05) is 13.0 Å². The zero-order valence-electron chi connectivity index (χ0n) is 5.05. The highest BCUT2D eigenvalue weighted by atomic mass is 16.1. The molecule has 8 heavy (non-hydrogen) atoms. The number of allylic oxidation sites excluding steroid dienone is 1. The molecule has 0 fully saturated rings. The molecule has 2 heteroatoms. The van der Waals surface area contributed by atoms with E-state index < -0.39 is 0 Å². The van der Waals surface area contributed by atoms with Gasteiger partial charge in [-0.3, -0.25) is 4.79 Å². The number of carbonyl (C=O) groups excluding carboxylic acids is 1. The molecule has 0 bridgehead atoms. The second-order valence-electron chi connectivity index (χ2n) is 1.48. The molecule has 0 aromatic heterocycles. The van der Waals surface area contributed by atoms with E-state index in [1.54, 1.807) is 6.08 Å². The Morgan fingerprint density at radius 3 is 2.75 bits per heavy atom. The molecule has 2 nitrogen and oxygen atoms in total. The van der Waals surface area contributed by atoms with Crippen molar-refractivity contribution in [3.05, 3.63) is 12.2 Å². The van der Waals surface area contributed by atoms with Gasteiger partial charge in [0.2, 0.25) is 0 Å². The van der Waals surface area contributed by atoms with Crippen molar-refractivity contribution in [3.8, 4) is 0 Å². The van der Waals surface area contributed by atoms with Gasteiger partial charge in [0.1, 0.15) is 0 Å². The lowest BCUT2D eigenvalue weighted by Gasteiger charge is -1.81. The molecule has 0 spiro atoms. The Morgan fingerprint density at radius 2 is 2.38 bits per heavy atom. The van der Waals surface area contributed by atoms with Crippen LogP contribution in [0.15, 0.2) is 12.2 Å². The van der Waals surface area contributed by atoms with Gasteiger partial charge in [-0.05, 0) is 12.5 Å². The Balaban J connectivity index is 3.37. The lowest BCUT2D eigenvalue weighted by molar-refractivity contribution is -0.113. The average Bonchev–Trinajstić information content (AvgIpc) is 1.83. The average molecular weight is 113 g/mol. The van der Waals surface area contributed by atoms with E-state index in [-0.39, 0.29) is 12.3 Å². The maximum absolute atomic E-state index is 10.4. The van der Waals surface area contributed by atoms with Crippen molar-refractivity contribution in [2.75, 3.05) is 6.54 Å². The number of carbonyl (C=O) groups is 1. The third-order valence-corrected chi connectivity index (χ3v) is 0.741. The van der Waals surface area contributed by atoms with E-state index in [1.807, 2.05) is 6.92 Å². The molecule has 0 heterocycles. The Bertz CT molecular complexity index is 96.7. The zero-order chi connectivity index (χ0) is 6.41. The number of nitrogens with two attached hydrogens (primary N) is 1. The van der Waals surface area contributed by atoms with Crippen molar-refractivity contribution in [3.63, 3.8) is 0 Å². The van der Waals surface area contributed by atoms with E-state index in [1.165, 1.54) is 6.08 Å². The molecule has 0 saturated heterocycles. The predicted molar refractivity (Wildman–Crippen MR) is 33.5 cm³/mol. The first-order valence-corrected chi connectivity index (χ1v) is 2.70. The maximum Gasteiger partial charge on any atom is 0.168 e. The first-order chi connectivity index (χ1) is 3.81. The second kappa shape index (κ2) is 4.53. The van der Waals surface area contributed by atoms with Crippen LogP contribution in [0.4, 0.5) is 0 Å². The number of hydrogen-bond acceptors (Lipinski definition) is 2. The van der Waals surface area contributed by atoms with Gasteiger partial charge in [0.15, 0.2) is 5.78 Å². The van der Waals surface area contributed by atoms with Gasteiger partial charge in [-0.25, -0.2) is 0 Å². The van der Waals surface area contributed by atoms with Gasteiger partial charge in [-0.15, -0.1) is 0 Å². The predicted octanol–water partition coefficient (Wildman–Crippen LogP) is 0.480. The maximum atomic E-state index is 10.4. The van der Waals surface area contributed by atoms with Crippen molar-refractivity contribution in [2.24, 2.45) is 5.73 Å². The summed E-state index contributed by atoms with van der Waals surface area (Å²) < 4.78 is 0. The highest BCUT2D eigenvalue weighted by molar-refractivity contribution is 5.91. The van der Waals surface area contributed by atoms with Crippen molar-refractivity contribution < 1.29 is 4.79 Å². The number of rotatable bonds is 3. The molecule has 0 atom stereocenters. The summed E-state index contributed by atoms with van der Waals surface area (Å²) >= 11 is 0. The first kappa shape index (κ1) is 7.37. The Labute approximate surface area is 49.4 Å². The highest BCUT2D eigenvalue weighted by Crippen LogP contribution is 1.78. The summed E-state index contributed by atoms with van der Waals surface area (Å²) in [5.74, 6) is -0.00755. The monoisotopic (exact) mass is 113 g/mol. The Kier molecular flexibility index (Phi) is 4.17. The lowest BCUT2D eigenvalue weighted by atomic mass is 10.3. The van der Waals surface area contributed by atoms with E-state index in [4.69, 9.17) is 5.73 Å². The van der Waals surface area contributed by atoms with Crippen LogP contribution in [0.25, 0.3) is 0 Å². The van der Waals surface area contributed by atoms with Crippen LogP contribution in [0.5, 0.6) is 0 Å². The third-order valence-electron chi connectivity index (χ3n) is 0.741. The summed E-state index contributed by atoms with van der Waals surface area (Å²) in [6.07, 6.45) is 4.21. The fourth-order valence-electron chi connectivity index (χ4n) is 0.317. The molecule has 0 aromatic carbocycles. The number of hydrogen-bond donors (Lipinski definition) is 1. The summed E-state index contributed by atoms with van der Waals surface area (Å²) in [6, 6.07) is 0. The van der Waals surface area contributed by atoms with Crippen molar-refractivity contribution in [2.45, 2.75) is 13.3 Å². The molecular weight excluding hydrogens is 102 g/mol. The van der Waals surface area contributed by atoms with Crippen LogP contribution < -0.4 is 5.73 Å². The summed E-state index contributed by atoms with van der Waals surface area (Å²) in [5, 5.41) is 0. The molecule has 2 N–H and O–H groups in total. The fourth-order valence-corrected chi connectivity index (χ4v) is 0.317. The van der Waals surface area contributed by atoms with Crippen LogP contribution in [0.2, 0.25) is 0 Å². The summed E-state index contributed by atoms with van der Waals surface area (Å²) in [7, 11) is 0. The molecule has 46 valence electrons. The molecule has 0 aliphatic heterocycles. The first-order valence-electron chi connectivity index (χ1n) is 2.70.